The minimum absolute atomic E-state index is 0.00339. The zero-order valence-electron chi connectivity index (χ0n) is 18.5. The Hall–Kier alpha value is -3.26. The molecule has 0 spiro atoms. The van der Waals surface area contributed by atoms with E-state index in [1.807, 2.05) is 0 Å². The van der Waals surface area contributed by atoms with Gasteiger partial charge in [0.25, 0.3) is 5.91 Å². The Labute approximate surface area is 192 Å². The predicted molar refractivity (Wildman–Crippen MR) is 125 cm³/mol. The van der Waals surface area contributed by atoms with Crippen LogP contribution in [0.5, 0.6) is 0 Å². The number of nitrogens with one attached hydrogen (secondary N) is 2. The highest BCUT2D eigenvalue weighted by Crippen LogP contribution is 2.28. The van der Waals surface area contributed by atoms with Crippen molar-refractivity contribution in [3.63, 3.8) is 0 Å². The normalized spacial score (nSPS) is 21.1. The van der Waals surface area contributed by atoms with Gasteiger partial charge in [-0.15, -0.1) is 5.10 Å². The van der Waals surface area contributed by atoms with Gasteiger partial charge < -0.3 is 20.0 Å². The van der Waals surface area contributed by atoms with E-state index in [0.717, 1.165) is 24.4 Å². The molecule has 3 aromatic rings. The van der Waals surface area contributed by atoms with E-state index in [0.29, 0.717) is 23.6 Å². The van der Waals surface area contributed by atoms with Crippen LogP contribution in [-0.4, -0.2) is 46.2 Å². The zero-order chi connectivity index (χ0) is 22.6. The summed E-state index contributed by atoms with van der Waals surface area (Å²) >= 11 is 0. The van der Waals surface area contributed by atoms with Crippen molar-refractivity contribution in [1.82, 2.24) is 15.1 Å². The molecule has 1 saturated carbocycles. The van der Waals surface area contributed by atoms with Crippen LogP contribution in [0.1, 0.15) is 48.9 Å². The van der Waals surface area contributed by atoms with Crippen molar-refractivity contribution < 1.29 is 13.6 Å². The van der Waals surface area contributed by atoms with Gasteiger partial charge in [0.1, 0.15) is 5.82 Å². The van der Waals surface area contributed by atoms with Crippen LogP contribution in [0.25, 0.3) is 11.5 Å². The number of nitrogens with zero attached hydrogens (tertiary/aromatic N) is 3. The van der Waals surface area contributed by atoms with E-state index in [1.165, 1.54) is 50.9 Å². The molecule has 2 aliphatic rings. The van der Waals surface area contributed by atoms with Gasteiger partial charge in [-0.25, -0.2) is 4.39 Å². The van der Waals surface area contributed by atoms with Crippen molar-refractivity contribution in [3.05, 3.63) is 59.9 Å². The maximum Gasteiger partial charge on any atom is 0.315 e. The predicted octanol–water partition coefficient (Wildman–Crippen LogP) is 4.95. The number of halogens is 1. The smallest absolute Gasteiger partial charge is 0.315 e. The summed E-state index contributed by atoms with van der Waals surface area (Å²) in [7, 11) is 0. The van der Waals surface area contributed by atoms with Gasteiger partial charge >= 0.3 is 6.01 Å². The van der Waals surface area contributed by atoms with Crippen LogP contribution >= 0.6 is 0 Å². The van der Waals surface area contributed by atoms with Gasteiger partial charge in [0.15, 0.2) is 0 Å². The Morgan fingerprint density at radius 1 is 0.970 bits per heavy atom. The molecule has 2 N–H and O–H groups in total. The molecule has 1 saturated heterocycles. The van der Waals surface area contributed by atoms with Gasteiger partial charge in [-0.2, -0.15) is 0 Å². The lowest BCUT2D eigenvalue weighted by Crippen LogP contribution is -2.38. The highest BCUT2D eigenvalue weighted by molar-refractivity contribution is 6.04. The topological polar surface area (TPSA) is 83.3 Å². The van der Waals surface area contributed by atoms with Gasteiger partial charge in [-0.05, 0) is 88.0 Å². The minimum Gasteiger partial charge on any atom is -0.403 e. The molecule has 0 bridgehead atoms. The summed E-state index contributed by atoms with van der Waals surface area (Å²) in [6.45, 7) is 2.50. The number of rotatable bonds is 6. The second-order valence-electron chi connectivity index (χ2n) is 8.82. The average Bonchev–Trinajstić information content (AvgIpc) is 3.53. The molecule has 2 heterocycles. The molecular formula is C25H28FN5O2. The highest BCUT2D eigenvalue weighted by atomic mass is 19.1. The Morgan fingerprint density at radius 2 is 1.70 bits per heavy atom. The van der Waals surface area contributed by atoms with Crippen LogP contribution in [0, 0.1) is 5.82 Å². The maximum absolute atomic E-state index is 13.8. The lowest BCUT2D eigenvalue weighted by Gasteiger charge is -2.34. The third kappa shape index (κ3) is 5.06. The van der Waals surface area contributed by atoms with E-state index in [4.69, 9.17) is 4.42 Å². The van der Waals surface area contributed by atoms with Crippen molar-refractivity contribution in [2.24, 2.45) is 0 Å². The molecule has 2 fully saturated rings. The van der Waals surface area contributed by atoms with Crippen molar-refractivity contribution in [3.8, 4) is 11.5 Å². The number of aromatic nitrogens is 2. The largest absolute Gasteiger partial charge is 0.403 e. The van der Waals surface area contributed by atoms with Gasteiger partial charge in [-0.1, -0.05) is 17.2 Å². The molecule has 33 heavy (non-hydrogen) atoms. The third-order valence-electron chi connectivity index (χ3n) is 6.61. The first-order chi connectivity index (χ1) is 16.2. The Morgan fingerprint density at radius 3 is 2.42 bits per heavy atom. The molecule has 172 valence electrons. The van der Waals surface area contributed by atoms with Crippen molar-refractivity contribution >= 4 is 17.6 Å². The molecule has 7 nitrogen and oxygen atoms in total. The van der Waals surface area contributed by atoms with Crippen LogP contribution in [0.3, 0.4) is 0 Å². The molecule has 5 rings (SSSR count). The zero-order valence-corrected chi connectivity index (χ0v) is 18.5. The average molecular weight is 450 g/mol. The summed E-state index contributed by atoms with van der Waals surface area (Å²) in [5.74, 6) is -0.637. The van der Waals surface area contributed by atoms with Crippen LogP contribution in [0.15, 0.2) is 52.9 Å². The highest BCUT2D eigenvalue weighted by Gasteiger charge is 2.28. The number of benzene rings is 2. The number of carbonyl (C=O) groups excluding carboxylic acids is 1. The van der Waals surface area contributed by atoms with Crippen LogP contribution < -0.4 is 10.6 Å². The molecule has 1 aliphatic heterocycles. The molecule has 0 unspecified atom stereocenters. The molecule has 0 radical (unpaired) electrons. The number of likely N-dealkylation sites (tertiary alicyclic amines) is 1. The number of amides is 1. The van der Waals surface area contributed by atoms with E-state index < -0.39 is 11.7 Å². The lowest BCUT2D eigenvalue weighted by atomic mass is 9.90. The summed E-state index contributed by atoms with van der Waals surface area (Å²) in [5, 5.41) is 14.4. The molecule has 2 aromatic carbocycles. The fraction of sp³-hybridized carbons (Fsp3) is 0.400. The van der Waals surface area contributed by atoms with E-state index in [2.05, 4.69) is 25.7 Å². The summed E-state index contributed by atoms with van der Waals surface area (Å²) in [6, 6.07) is 14.4. The SMILES string of the molecule is O=C(Nc1ccc(-c2nnc(NC3CCC(N4CCCC4)CC3)o2)cc1)c1ccccc1F. The quantitative estimate of drug-likeness (QED) is 0.554. The second kappa shape index (κ2) is 9.70. The Balaban J connectivity index is 1.15. The van der Waals surface area contributed by atoms with E-state index in [-0.39, 0.29) is 5.56 Å². The van der Waals surface area contributed by atoms with E-state index in [9.17, 15) is 9.18 Å². The number of hydrogen-bond donors (Lipinski definition) is 2. The van der Waals surface area contributed by atoms with Crippen molar-refractivity contribution in [2.75, 3.05) is 23.7 Å². The van der Waals surface area contributed by atoms with Crippen LogP contribution in [-0.2, 0) is 0 Å². The molecule has 0 atom stereocenters. The third-order valence-corrected chi connectivity index (χ3v) is 6.61. The van der Waals surface area contributed by atoms with Crippen LogP contribution in [0.2, 0.25) is 0 Å². The first kappa shape index (κ1) is 21.6. The number of anilines is 2. The molecular weight excluding hydrogens is 421 g/mol. The first-order valence-corrected chi connectivity index (χ1v) is 11.7. The maximum atomic E-state index is 13.8. The van der Waals surface area contributed by atoms with E-state index in [1.54, 1.807) is 36.4 Å². The van der Waals surface area contributed by atoms with Crippen LogP contribution in [0.4, 0.5) is 16.1 Å². The summed E-state index contributed by atoms with van der Waals surface area (Å²) in [5.41, 5.74) is 1.31. The number of hydrogen-bond acceptors (Lipinski definition) is 6. The Kier molecular flexibility index (Phi) is 6.35. The monoisotopic (exact) mass is 449 g/mol. The number of carbonyl (C=O) groups is 1. The van der Waals surface area contributed by atoms with E-state index >= 15 is 0 Å². The van der Waals surface area contributed by atoms with Crippen molar-refractivity contribution in [1.29, 1.82) is 0 Å². The lowest BCUT2D eigenvalue weighted by molar-refractivity contribution is 0.102. The standard InChI is InChI=1S/C25H28FN5O2/c26-22-6-2-1-5-21(22)23(32)27-18-9-7-17(8-10-18)24-29-30-25(33-24)28-19-11-13-20(14-12-19)31-15-3-4-16-31/h1-2,5-10,19-20H,3-4,11-16H2,(H,27,32)(H,28,30). The fourth-order valence-corrected chi connectivity index (χ4v) is 4.80. The second-order valence-corrected chi connectivity index (χ2v) is 8.82. The molecule has 1 amide bonds. The van der Waals surface area contributed by atoms with Gasteiger partial charge in [0.05, 0.1) is 5.56 Å². The van der Waals surface area contributed by atoms with Crippen molar-refractivity contribution in [2.45, 2.75) is 50.6 Å². The summed E-state index contributed by atoms with van der Waals surface area (Å²) in [6.07, 6.45) is 7.30. The first-order valence-electron chi connectivity index (χ1n) is 11.7. The molecule has 8 heteroatoms. The summed E-state index contributed by atoms with van der Waals surface area (Å²) in [4.78, 5) is 14.9. The van der Waals surface area contributed by atoms with Gasteiger partial charge in [0.2, 0.25) is 5.89 Å². The Bertz CT molecular complexity index is 1090. The van der Waals surface area contributed by atoms with Gasteiger partial charge in [0, 0.05) is 23.3 Å². The van der Waals surface area contributed by atoms with Gasteiger partial charge in [-0.3, -0.25) is 4.79 Å². The summed E-state index contributed by atoms with van der Waals surface area (Å²) < 4.78 is 19.6. The molecule has 1 aliphatic carbocycles. The minimum atomic E-state index is -0.554. The molecule has 1 aromatic heterocycles. The fourth-order valence-electron chi connectivity index (χ4n) is 4.80.